The van der Waals surface area contributed by atoms with Gasteiger partial charge in [0.15, 0.2) is 11.5 Å². The lowest BCUT2D eigenvalue weighted by Crippen LogP contribution is -2.36. The number of thioether (sulfide) groups is 1. The number of phenolic OH excluding ortho intramolecular Hbond substituents is 1. The molecule has 0 radical (unpaired) electrons. The number of rotatable bonds is 8. The predicted molar refractivity (Wildman–Crippen MR) is 130 cm³/mol. The molecular weight excluding hydrogens is 500 g/mol. The Labute approximate surface area is 209 Å². The van der Waals surface area contributed by atoms with Gasteiger partial charge >= 0.3 is 5.97 Å². The predicted octanol–water partition coefficient (Wildman–Crippen LogP) is 3.91. The van der Waals surface area contributed by atoms with E-state index in [-0.39, 0.29) is 45.0 Å². The fourth-order valence-electron chi connectivity index (χ4n) is 3.10. The highest BCUT2D eigenvalue weighted by atomic mass is 35.5. The Morgan fingerprint density at radius 2 is 1.80 bits per heavy atom. The monoisotopic (exact) mass is 520 g/mol. The number of imide groups is 1. The lowest BCUT2D eigenvalue weighted by atomic mass is 10.1. The van der Waals surface area contributed by atoms with Crippen LogP contribution in [0.15, 0.2) is 35.2 Å². The quantitative estimate of drug-likeness (QED) is 0.392. The van der Waals surface area contributed by atoms with Gasteiger partial charge in [-0.1, -0.05) is 11.6 Å². The second-order valence-electron chi connectivity index (χ2n) is 7.01. The van der Waals surface area contributed by atoms with Crippen LogP contribution in [0.5, 0.6) is 17.2 Å². The van der Waals surface area contributed by atoms with Gasteiger partial charge in [0.05, 0.1) is 36.3 Å². The summed E-state index contributed by atoms with van der Waals surface area (Å²) in [5.74, 6) is -1.92. The van der Waals surface area contributed by atoms with Crippen LogP contribution in [0.25, 0.3) is 6.08 Å². The summed E-state index contributed by atoms with van der Waals surface area (Å²) in [5.41, 5.74) is 0.757. The number of benzene rings is 2. The number of methoxy groups -OCH3 is 2. The third-order valence-corrected chi connectivity index (χ3v) is 5.96. The molecule has 3 rings (SSSR count). The highest BCUT2D eigenvalue weighted by Crippen LogP contribution is 2.39. The first-order valence-corrected chi connectivity index (χ1v) is 11.3. The van der Waals surface area contributed by atoms with Gasteiger partial charge in [-0.05, 0) is 60.7 Å². The molecule has 2 aromatic carbocycles. The average molecular weight is 521 g/mol. The van der Waals surface area contributed by atoms with Crippen LogP contribution in [0, 0.1) is 0 Å². The molecule has 2 N–H and O–H groups in total. The van der Waals surface area contributed by atoms with E-state index in [1.54, 1.807) is 6.92 Å². The molecule has 0 atom stereocenters. The number of hydrogen-bond acceptors (Lipinski definition) is 9. The minimum absolute atomic E-state index is 0.0696. The van der Waals surface area contributed by atoms with Gasteiger partial charge in [0.2, 0.25) is 11.7 Å². The minimum Gasteiger partial charge on any atom is -0.502 e. The molecule has 184 valence electrons. The van der Waals surface area contributed by atoms with Crippen LogP contribution >= 0.6 is 23.4 Å². The zero-order valence-electron chi connectivity index (χ0n) is 18.9. The molecule has 3 amide bonds. The van der Waals surface area contributed by atoms with E-state index in [0.717, 1.165) is 4.90 Å². The maximum atomic E-state index is 12.8. The van der Waals surface area contributed by atoms with Crippen LogP contribution in [0.3, 0.4) is 0 Å². The molecule has 0 aliphatic carbocycles. The zero-order chi connectivity index (χ0) is 25.7. The van der Waals surface area contributed by atoms with E-state index in [2.05, 4.69) is 5.32 Å². The van der Waals surface area contributed by atoms with E-state index in [9.17, 15) is 24.3 Å². The Morgan fingerprint density at radius 1 is 1.14 bits per heavy atom. The average Bonchev–Trinajstić information content (AvgIpc) is 3.08. The largest absolute Gasteiger partial charge is 0.502 e. The molecule has 0 saturated carbocycles. The van der Waals surface area contributed by atoms with E-state index >= 15 is 0 Å². The number of carbonyl (C=O) groups excluding carboxylic acids is 4. The van der Waals surface area contributed by atoms with Crippen molar-refractivity contribution in [1.29, 1.82) is 0 Å². The van der Waals surface area contributed by atoms with Gasteiger partial charge in [-0.25, -0.2) is 4.79 Å². The maximum Gasteiger partial charge on any atom is 0.339 e. The summed E-state index contributed by atoms with van der Waals surface area (Å²) in [6.07, 6.45) is 1.43. The SMILES string of the molecule is CCOC(=O)c1cc(NC(=O)CN2C(=O)S/C(=C/c3cc(OC)c(O)c(OC)c3)C2=O)ccc1Cl. The number of nitrogens with one attached hydrogen (secondary N) is 1. The topological polar surface area (TPSA) is 131 Å². The second kappa shape index (κ2) is 11.2. The molecule has 1 aliphatic heterocycles. The summed E-state index contributed by atoms with van der Waals surface area (Å²) < 4.78 is 15.1. The molecule has 0 bridgehead atoms. The van der Waals surface area contributed by atoms with Crippen molar-refractivity contribution in [2.45, 2.75) is 6.92 Å². The fraction of sp³-hybridized carbons (Fsp3) is 0.217. The lowest BCUT2D eigenvalue weighted by Gasteiger charge is -2.13. The fourth-order valence-corrected chi connectivity index (χ4v) is 4.13. The van der Waals surface area contributed by atoms with Crippen LogP contribution in [0.2, 0.25) is 5.02 Å². The van der Waals surface area contributed by atoms with Crippen LogP contribution in [-0.2, 0) is 14.3 Å². The van der Waals surface area contributed by atoms with Crippen molar-refractivity contribution in [1.82, 2.24) is 4.90 Å². The van der Waals surface area contributed by atoms with Crippen molar-refractivity contribution in [3.63, 3.8) is 0 Å². The van der Waals surface area contributed by atoms with Crippen molar-refractivity contribution >= 4 is 58.1 Å². The molecule has 2 aromatic rings. The van der Waals surface area contributed by atoms with Crippen molar-refractivity contribution in [3.05, 3.63) is 51.4 Å². The summed E-state index contributed by atoms with van der Waals surface area (Å²) in [6, 6.07) is 7.19. The number of anilines is 1. The molecule has 1 saturated heterocycles. The van der Waals surface area contributed by atoms with Gasteiger partial charge in [-0.15, -0.1) is 0 Å². The summed E-state index contributed by atoms with van der Waals surface area (Å²) in [5, 5.41) is 12.1. The number of nitrogens with zero attached hydrogens (tertiary/aromatic N) is 1. The van der Waals surface area contributed by atoms with Gasteiger partial charge < -0.3 is 24.6 Å². The molecule has 10 nitrogen and oxygen atoms in total. The molecule has 0 spiro atoms. The van der Waals surface area contributed by atoms with Crippen molar-refractivity contribution in [2.24, 2.45) is 0 Å². The number of hydrogen-bond donors (Lipinski definition) is 2. The van der Waals surface area contributed by atoms with E-state index in [4.69, 9.17) is 25.8 Å². The van der Waals surface area contributed by atoms with E-state index in [1.165, 1.54) is 50.6 Å². The van der Waals surface area contributed by atoms with E-state index in [1.807, 2.05) is 0 Å². The number of phenols is 1. The summed E-state index contributed by atoms with van der Waals surface area (Å²) in [7, 11) is 2.72. The van der Waals surface area contributed by atoms with Crippen molar-refractivity contribution < 1.29 is 38.5 Å². The molecule has 0 aromatic heterocycles. The molecule has 12 heteroatoms. The first kappa shape index (κ1) is 25.9. The first-order valence-electron chi connectivity index (χ1n) is 10.1. The second-order valence-corrected chi connectivity index (χ2v) is 8.41. The van der Waals surface area contributed by atoms with Crippen LogP contribution < -0.4 is 14.8 Å². The number of halogens is 1. The Hall–Kier alpha value is -3.70. The minimum atomic E-state index is -0.663. The van der Waals surface area contributed by atoms with Gasteiger partial charge in [0, 0.05) is 5.69 Å². The maximum absolute atomic E-state index is 12.8. The van der Waals surface area contributed by atoms with Gasteiger partial charge in [0.1, 0.15) is 6.54 Å². The summed E-state index contributed by atoms with van der Waals surface area (Å²) >= 11 is 6.68. The zero-order valence-corrected chi connectivity index (χ0v) is 20.5. The third-order valence-electron chi connectivity index (χ3n) is 4.72. The van der Waals surface area contributed by atoms with Crippen molar-refractivity contribution in [2.75, 3.05) is 32.7 Å². The van der Waals surface area contributed by atoms with Crippen molar-refractivity contribution in [3.8, 4) is 17.2 Å². The molecule has 35 heavy (non-hydrogen) atoms. The number of aromatic hydroxyl groups is 1. The molecule has 0 unspecified atom stereocenters. The van der Waals surface area contributed by atoms with Crippen LogP contribution in [-0.4, -0.2) is 60.4 Å². The van der Waals surface area contributed by atoms with Crippen LogP contribution in [0.1, 0.15) is 22.8 Å². The molecule has 1 fully saturated rings. The number of carbonyl (C=O) groups is 4. The Morgan fingerprint density at radius 3 is 2.40 bits per heavy atom. The Bertz CT molecular complexity index is 1200. The van der Waals surface area contributed by atoms with Gasteiger partial charge in [0.25, 0.3) is 11.1 Å². The normalized spacial score (nSPS) is 14.3. The van der Waals surface area contributed by atoms with E-state index in [0.29, 0.717) is 17.3 Å². The van der Waals surface area contributed by atoms with Gasteiger partial charge in [-0.2, -0.15) is 0 Å². The Kier molecular flexibility index (Phi) is 8.26. The first-order chi connectivity index (χ1) is 16.7. The third kappa shape index (κ3) is 5.87. The highest BCUT2D eigenvalue weighted by Gasteiger charge is 2.36. The van der Waals surface area contributed by atoms with E-state index < -0.39 is 29.6 Å². The number of amides is 3. The smallest absolute Gasteiger partial charge is 0.339 e. The molecular formula is C23H21ClN2O8S. The van der Waals surface area contributed by atoms with Gasteiger partial charge in [-0.3, -0.25) is 19.3 Å². The molecule has 1 aliphatic rings. The lowest BCUT2D eigenvalue weighted by molar-refractivity contribution is -0.127. The highest BCUT2D eigenvalue weighted by molar-refractivity contribution is 8.18. The van der Waals surface area contributed by atoms with Crippen LogP contribution in [0.4, 0.5) is 10.5 Å². The summed E-state index contributed by atoms with van der Waals surface area (Å²) in [6.45, 7) is 1.26. The molecule has 1 heterocycles. The standard InChI is InChI=1S/C23H21ClN2O8S/c1-4-34-22(30)14-10-13(5-6-15(14)24)25-19(27)11-26-21(29)18(35-23(26)31)9-12-7-16(32-2)20(28)17(8-12)33-3/h5-10,28H,4,11H2,1-3H3,(H,25,27)/b18-9+. The Balaban J connectivity index is 1.74. The summed E-state index contributed by atoms with van der Waals surface area (Å²) in [4.78, 5) is 50.6. The number of esters is 1. The number of ether oxygens (including phenoxy) is 3.